The van der Waals surface area contributed by atoms with Gasteiger partial charge in [0.2, 0.25) is 11.8 Å². The van der Waals surface area contributed by atoms with Crippen molar-refractivity contribution in [3.63, 3.8) is 0 Å². The van der Waals surface area contributed by atoms with Crippen LogP contribution in [0.1, 0.15) is 46.5 Å². The lowest BCUT2D eigenvalue weighted by Crippen LogP contribution is -2.47. The van der Waals surface area contributed by atoms with E-state index in [0.29, 0.717) is 25.9 Å². The van der Waals surface area contributed by atoms with Gasteiger partial charge in [-0.3, -0.25) is 9.59 Å². The summed E-state index contributed by atoms with van der Waals surface area (Å²) in [6.45, 7) is 6.72. The maximum atomic E-state index is 12.4. The lowest BCUT2D eigenvalue weighted by atomic mass is 10.1. The normalized spacial score (nSPS) is 22.8. The van der Waals surface area contributed by atoms with E-state index in [1.165, 1.54) is 0 Å². The quantitative estimate of drug-likeness (QED) is 0.727. The Balaban J connectivity index is 1.96. The van der Waals surface area contributed by atoms with E-state index in [4.69, 9.17) is 4.74 Å². The second kappa shape index (κ2) is 6.03. The van der Waals surface area contributed by atoms with E-state index in [2.05, 4.69) is 0 Å². The van der Waals surface area contributed by atoms with Crippen LogP contribution in [0.15, 0.2) is 0 Å². The van der Waals surface area contributed by atoms with Crippen LogP contribution in [-0.2, 0) is 19.1 Å². The molecule has 1 atom stereocenters. The van der Waals surface area contributed by atoms with E-state index >= 15 is 0 Å². The predicted molar refractivity (Wildman–Crippen MR) is 76.4 cm³/mol. The van der Waals surface area contributed by atoms with E-state index in [0.717, 1.165) is 12.8 Å². The molecule has 0 N–H and O–H groups in total. The molecule has 2 aliphatic rings. The summed E-state index contributed by atoms with van der Waals surface area (Å²) in [5.74, 6) is -0.476. The van der Waals surface area contributed by atoms with Gasteiger partial charge in [-0.2, -0.15) is 0 Å². The minimum absolute atomic E-state index is 0.0244. The van der Waals surface area contributed by atoms with Gasteiger partial charge in [-0.05, 0) is 40.0 Å². The molecule has 0 spiro atoms. The Hall–Kier alpha value is -1.59. The fourth-order valence-electron chi connectivity index (χ4n) is 2.81. The highest BCUT2D eigenvalue weighted by molar-refractivity contribution is 5.89. The Morgan fingerprint density at radius 1 is 1.24 bits per heavy atom. The maximum absolute atomic E-state index is 12.4. The molecule has 0 aromatic rings. The summed E-state index contributed by atoms with van der Waals surface area (Å²) in [4.78, 5) is 39.3. The molecule has 0 radical (unpaired) electrons. The molecular formula is C15H24N2O4. The number of esters is 1. The third-order valence-corrected chi connectivity index (χ3v) is 3.75. The average molecular weight is 296 g/mol. The van der Waals surface area contributed by atoms with Gasteiger partial charge in [-0.25, -0.2) is 4.79 Å². The van der Waals surface area contributed by atoms with Gasteiger partial charge in [-0.1, -0.05) is 0 Å². The number of nitrogens with zero attached hydrogens (tertiary/aromatic N) is 2. The highest BCUT2D eigenvalue weighted by Gasteiger charge is 2.37. The van der Waals surface area contributed by atoms with Crippen molar-refractivity contribution in [3.05, 3.63) is 0 Å². The topological polar surface area (TPSA) is 66.9 Å². The zero-order valence-electron chi connectivity index (χ0n) is 13.1. The summed E-state index contributed by atoms with van der Waals surface area (Å²) in [5, 5.41) is 0. The molecule has 6 nitrogen and oxygen atoms in total. The van der Waals surface area contributed by atoms with Crippen LogP contribution in [0.2, 0.25) is 0 Å². The molecule has 2 aliphatic heterocycles. The molecule has 2 saturated heterocycles. The van der Waals surface area contributed by atoms with Gasteiger partial charge in [0.25, 0.3) is 0 Å². The van der Waals surface area contributed by atoms with Gasteiger partial charge >= 0.3 is 5.97 Å². The fraction of sp³-hybridized carbons (Fsp3) is 0.800. The first-order valence-electron chi connectivity index (χ1n) is 7.58. The Labute approximate surface area is 125 Å². The zero-order chi connectivity index (χ0) is 15.6. The maximum Gasteiger partial charge on any atom is 0.329 e. The molecule has 6 heteroatoms. The van der Waals surface area contributed by atoms with Gasteiger partial charge in [-0.15, -0.1) is 0 Å². The SMILES string of the molecule is CC(C)(C)OC(=O)[C@@H]1CCCN1C(=O)CN1CCCC1=O. The number of amides is 2. The van der Waals surface area contributed by atoms with Crippen molar-refractivity contribution in [3.8, 4) is 0 Å². The van der Waals surface area contributed by atoms with Gasteiger partial charge in [0.1, 0.15) is 11.6 Å². The number of carbonyl (C=O) groups excluding carboxylic acids is 3. The molecule has 2 heterocycles. The molecule has 2 amide bonds. The summed E-state index contributed by atoms with van der Waals surface area (Å²) < 4.78 is 5.38. The summed E-state index contributed by atoms with van der Waals surface area (Å²) in [7, 11) is 0. The summed E-state index contributed by atoms with van der Waals surface area (Å²) in [5.41, 5.74) is -0.556. The van der Waals surface area contributed by atoms with E-state index in [1.807, 2.05) is 20.8 Å². The fourth-order valence-corrected chi connectivity index (χ4v) is 2.81. The van der Waals surface area contributed by atoms with Crippen LogP contribution in [0, 0.1) is 0 Å². The third kappa shape index (κ3) is 3.95. The lowest BCUT2D eigenvalue weighted by Gasteiger charge is -2.28. The first kappa shape index (κ1) is 15.8. The minimum atomic E-state index is -0.556. The zero-order valence-corrected chi connectivity index (χ0v) is 13.1. The lowest BCUT2D eigenvalue weighted by molar-refractivity contribution is -0.163. The van der Waals surface area contributed by atoms with Crippen molar-refractivity contribution in [2.45, 2.75) is 58.1 Å². The van der Waals surface area contributed by atoms with Crippen LogP contribution < -0.4 is 0 Å². The number of hydrogen-bond donors (Lipinski definition) is 0. The van der Waals surface area contributed by atoms with Crippen molar-refractivity contribution in [2.75, 3.05) is 19.6 Å². The van der Waals surface area contributed by atoms with E-state index in [1.54, 1.807) is 9.80 Å². The Kier molecular flexibility index (Phi) is 4.54. The molecule has 118 valence electrons. The molecule has 21 heavy (non-hydrogen) atoms. The third-order valence-electron chi connectivity index (χ3n) is 3.75. The van der Waals surface area contributed by atoms with Crippen molar-refractivity contribution in [1.82, 2.24) is 9.80 Å². The number of likely N-dealkylation sites (tertiary alicyclic amines) is 2. The Morgan fingerprint density at radius 2 is 1.95 bits per heavy atom. The molecule has 0 bridgehead atoms. The van der Waals surface area contributed by atoms with Crippen LogP contribution in [0.5, 0.6) is 0 Å². The highest BCUT2D eigenvalue weighted by atomic mass is 16.6. The highest BCUT2D eigenvalue weighted by Crippen LogP contribution is 2.22. The number of ether oxygens (including phenoxy) is 1. The number of carbonyl (C=O) groups is 3. The Morgan fingerprint density at radius 3 is 2.52 bits per heavy atom. The van der Waals surface area contributed by atoms with Gasteiger partial charge in [0.15, 0.2) is 0 Å². The molecule has 0 saturated carbocycles. The molecule has 0 aromatic carbocycles. The minimum Gasteiger partial charge on any atom is -0.458 e. The van der Waals surface area contributed by atoms with E-state index in [-0.39, 0.29) is 24.3 Å². The van der Waals surface area contributed by atoms with Gasteiger partial charge in [0.05, 0.1) is 6.54 Å². The van der Waals surface area contributed by atoms with Crippen LogP contribution >= 0.6 is 0 Å². The van der Waals surface area contributed by atoms with Crippen LogP contribution in [0.25, 0.3) is 0 Å². The summed E-state index contributed by atoms with van der Waals surface area (Å²) >= 11 is 0. The van der Waals surface area contributed by atoms with Crippen molar-refractivity contribution >= 4 is 17.8 Å². The average Bonchev–Trinajstić information content (AvgIpc) is 2.96. The standard InChI is InChI=1S/C15H24N2O4/c1-15(2,3)21-14(20)11-6-4-9-17(11)13(19)10-16-8-5-7-12(16)18/h11H,4-10H2,1-3H3/t11-/m0/s1. The molecular weight excluding hydrogens is 272 g/mol. The predicted octanol–water partition coefficient (Wildman–Crippen LogP) is 0.942. The molecule has 0 aliphatic carbocycles. The molecule has 0 aromatic heterocycles. The summed E-state index contributed by atoms with van der Waals surface area (Å²) in [6.07, 6.45) is 2.75. The first-order valence-corrected chi connectivity index (χ1v) is 7.58. The van der Waals surface area contributed by atoms with Crippen LogP contribution in [0.4, 0.5) is 0 Å². The van der Waals surface area contributed by atoms with Gasteiger partial charge < -0.3 is 14.5 Å². The van der Waals surface area contributed by atoms with E-state index < -0.39 is 11.6 Å². The van der Waals surface area contributed by atoms with E-state index in [9.17, 15) is 14.4 Å². The second-order valence-electron chi connectivity index (χ2n) is 6.70. The largest absolute Gasteiger partial charge is 0.458 e. The number of rotatable bonds is 3. The first-order chi connectivity index (χ1) is 9.78. The van der Waals surface area contributed by atoms with Crippen molar-refractivity contribution in [2.24, 2.45) is 0 Å². The second-order valence-corrected chi connectivity index (χ2v) is 6.70. The monoisotopic (exact) mass is 296 g/mol. The Bertz CT molecular complexity index is 441. The van der Waals surface area contributed by atoms with Crippen LogP contribution in [-0.4, -0.2) is 58.9 Å². The molecule has 0 unspecified atom stereocenters. The van der Waals surface area contributed by atoms with Gasteiger partial charge in [0, 0.05) is 19.5 Å². The summed E-state index contributed by atoms with van der Waals surface area (Å²) in [6, 6.07) is -0.505. The van der Waals surface area contributed by atoms with Crippen molar-refractivity contribution < 1.29 is 19.1 Å². The molecule has 2 rings (SSSR count). The van der Waals surface area contributed by atoms with Crippen molar-refractivity contribution in [1.29, 1.82) is 0 Å². The smallest absolute Gasteiger partial charge is 0.329 e. The molecule has 2 fully saturated rings. The number of hydrogen-bond acceptors (Lipinski definition) is 4. The van der Waals surface area contributed by atoms with Crippen LogP contribution in [0.3, 0.4) is 0 Å².